The highest BCUT2D eigenvalue weighted by molar-refractivity contribution is 5.93. The van der Waals surface area contributed by atoms with Crippen molar-refractivity contribution < 1.29 is 13.9 Å². The molecule has 0 aromatic heterocycles. The molecule has 0 atom stereocenters. The van der Waals surface area contributed by atoms with Crippen LogP contribution in [-0.2, 0) is 11.3 Å². The largest absolute Gasteiger partial charge is 0.377 e. The van der Waals surface area contributed by atoms with Crippen molar-refractivity contribution in [1.82, 2.24) is 5.43 Å². The van der Waals surface area contributed by atoms with Crippen LogP contribution in [0.15, 0.2) is 18.2 Å². The van der Waals surface area contributed by atoms with Crippen LogP contribution in [0.1, 0.15) is 29.3 Å². The molecular weight excluding hydrogens is 211 g/mol. The van der Waals surface area contributed by atoms with Gasteiger partial charge in [-0.3, -0.25) is 10.2 Å². The Balaban J connectivity index is 2.78. The van der Waals surface area contributed by atoms with Gasteiger partial charge in [-0.1, -0.05) is 6.92 Å². The van der Waals surface area contributed by atoms with E-state index >= 15 is 0 Å². The highest BCUT2D eigenvalue weighted by Crippen LogP contribution is 2.12. The number of hydrogen-bond donors (Lipinski definition) is 2. The van der Waals surface area contributed by atoms with Gasteiger partial charge < -0.3 is 4.74 Å². The molecule has 16 heavy (non-hydrogen) atoms. The van der Waals surface area contributed by atoms with Gasteiger partial charge in [-0.05, 0) is 24.6 Å². The normalized spacial score (nSPS) is 10.2. The predicted octanol–water partition coefficient (Wildman–Crippen LogP) is 1.36. The number of halogens is 1. The van der Waals surface area contributed by atoms with Crippen LogP contribution in [0.4, 0.5) is 4.39 Å². The molecule has 4 nitrogen and oxygen atoms in total. The number of hydrazine groups is 1. The predicted molar refractivity (Wildman–Crippen MR) is 58.0 cm³/mol. The number of benzene rings is 1. The number of nitrogens with one attached hydrogen (secondary N) is 1. The molecule has 0 aliphatic rings. The number of ether oxygens (including phenoxy) is 1. The van der Waals surface area contributed by atoms with Gasteiger partial charge in [0.1, 0.15) is 5.82 Å². The van der Waals surface area contributed by atoms with Gasteiger partial charge in [0.25, 0.3) is 5.91 Å². The SMILES string of the molecule is CCCOCc1cc(C(=O)NN)ccc1F. The Morgan fingerprint density at radius 3 is 2.94 bits per heavy atom. The lowest BCUT2D eigenvalue weighted by atomic mass is 10.1. The standard InChI is InChI=1S/C11H15FN2O2/c1-2-5-16-7-9-6-8(11(15)14-13)3-4-10(9)12/h3-4,6H,2,5,7,13H2,1H3,(H,14,15). The first-order valence-corrected chi connectivity index (χ1v) is 5.06. The van der Waals surface area contributed by atoms with E-state index in [0.29, 0.717) is 17.7 Å². The van der Waals surface area contributed by atoms with Gasteiger partial charge in [-0.2, -0.15) is 0 Å². The van der Waals surface area contributed by atoms with Crippen LogP contribution >= 0.6 is 0 Å². The van der Waals surface area contributed by atoms with Crippen molar-refractivity contribution in [3.63, 3.8) is 0 Å². The third-order valence-electron chi connectivity index (χ3n) is 2.05. The molecule has 0 bridgehead atoms. The maximum absolute atomic E-state index is 13.3. The van der Waals surface area contributed by atoms with Gasteiger partial charge in [0.05, 0.1) is 6.61 Å². The first-order valence-electron chi connectivity index (χ1n) is 5.06. The van der Waals surface area contributed by atoms with Crippen LogP contribution in [0.2, 0.25) is 0 Å². The molecule has 0 fully saturated rings. The number of nitrogen functional groups attached to an aromatic ring is 1. The van der Waals surface area contributed by atoms with Gasteiger partial charge in [0.2, 0.25) is 0 Å². The Morgan fingerprint density at radius 2 is 2.31 bits per heavy atom. The van der Waals surface area contributed by atoms with Gasteiger partial charge in [0, 0.05) is 17.7 Å². The summed E-state index contributed by atoms with van der Waals surface area (Å²) in [6, 6.07) is 4.04. The minimum absolute atomic E-state index is 0.158. The molecule has 0 spiro atoms. The minimum atomic E-state index is -0.447. The Kier molecular flexibility index (Phi) is 4.88. The minimum Gasteiger partial charge on any atom is -0.377 e. The summed E-state index contributed by atoms with van der Waals surface area (Å²) in [7, 11) is 0. The van der Waals surface area contributed by atoms with E-state index in [9.17, 15) is 9.18 Å². The topological polar surface area (TPSA) is 64.3 Å². The Morgan fingerprint density at radius 1 is 1.56 bits per heavy atom. The van der Waals surface area contributed by atoms with E-state index in [4.69, 9.17) is 10.6 Å². The number of hydrogen-bond acceptors (Lipinski definition) is 3. The molecule has 0 unspecified atom stereocenters. The monoisotopic (exact) mass is 226 g/mol. The van der Waals surface area contributed by atoms with Crippen molar-refractivity contribution in [1.29, 1.82) is 0 Å². The zero-order valence-electron chi connectivity index (χ0n) is 9.13. The lowest BCUT2D eigenvalue weighted by Crippen LogP contribution is -2.30. The molecule has 0 radical (unpaired) electrons. The number of carbonyl (C=O) groups excluding carboxylic acids is 1. The summed E-state index contributed by atoms with van der Waals surface area (Å²) >= 11 is 0. The number of amides is 1. The van der Waals surface area contributed by atoms with Crippen LogP contribution in [0.25, 0.3) is 0 Å². The van der Waals surface area contributed by atoms with Gasteiger partial charge in [-0.25, -0.2) is 10.2 Å². The van der Waals surface area contributed by atoms with E-state index in [1.54, 1.807) is 0 Å². The zero-order valence-corrected chi connectivity index (χ0v) is 9.13. The first kappa shape index (κ1) is 12.6. The quantitative estimate of drug-likeness (QED) is 0.345. The molecule has 1 aromatic carbocycles. The third-order valence-corrected chi connectivity index (χ3v) is 2.05. The van der Waals surface area contributed by atoms with Gasteiger partial charge in [0.15, 0.2) is 0 Å². The summed E-state index contributed by atoms with van der Waals surface area (Å²) in [6.07, 6.45) is 0.866. The van der Waals surface area contributed by atoms with Crippen LogP contribution < -0.4 is 11.3 Å². The van der Waals surface area contributed by atoms with Crippen molar-refractivity contribution in [2.24, 2.45) is 5.84 Å². The number of nitrogens with two attached hydrogens (primary N) is 1. The van der Waals surface area contributed by atoms with E-state index in [-0.39, 0.29) is 12.4 Å². The summed E-state index contributed by atoms with van der Waals surface area (Å²) in [6.45, 7) is 2.69. The van der Waals surface area contributed by atoms with Crippen molar-refractivity contribution in [2.45, 2.75) is 20.0 Å². The number of rotatable bonds is 5. The van der Waals surface area contributed by atoms with Crippen molar-refractivity contribution in [3.8, 4) is 0 Å². The first-order chi connectivity index (χ1) is 7.69. The highest BCUT2D eigenvalue weighted by atomic mass is 19.1. The molecule has 1 aromatic rings. The van der Waals surface area contributed by atoms with Crippen LogP contribution in [-0.4, -0.2) is 12.5 Å². The molecule has 0 aliphatic carbocycles. The smallest absolute Gasteiger partial charge is 0.265 e. The van der Waals surface area contributed by atoms with Gasteiger partial charge in [-0.15, -0.1) is 0 Å². The summed E-state index contributed by atoms with van der Waals surface area (Å²) in [5.41, 5.74) is 2.67. The van der Waals surface area contributed by atoms with Crippen molar-refractivity contribution in [3.05, 3.63) is 35.1 Å². The Hall–Kier alpha value is -1.46. The lowest BCUT2D eigenvalue weighted by molar-refractivity contribution is 0.0952. The maximum atomic E-state index is 13.3. The summed E-state index contributed by atoms with van der Waals surface area (Å²) in [5, 5.41) is 0. The highest BCUT2D eigenvalue weighted by Gasteiger charge is 2.08. The fraction of sp³-hybridized carbons (Fsp3) is 0.364. The van der Waals surface area contributed by atoms with Gasteiger partial charge >= 0.3 is 0 Å². The van der Waals surface area contributed by atoms with E-state index in [1.807, 2.05) is 12.3 Å². The molecule has 3 N–H and O–H groups in total. The second-order valence-electron chi connectivity index (χ2n) is 3.33. The van der Waals surface area contributed by atoms with E-state index < -0.39 is 5.91 Å². The molecule has 1 amide bonds. The Labute approximate surface area is 93.6 Å². The molecule has 0 saturated heterocycles. The zero-order chi connectivity index (χ0) is 12.0. The second kappa shape index (κ2) is 6.19. The van der Waals surface area contributed by atoms with Crippen molar-refractivity contribution in [2.75, 3.05) is 6.61 Å². The molecule has 1 rings (SSSR count). The average Bonchev–Trinajstić information content (AvgIpc) is 2.31. The van der Waals surface area contributed by atoms with E-state index in [2.05, 4.69) is 0 Å². The molecule has 5 heteroatoms. The summed E-state index contributed by atoms with van der Waals surface area (Å²) in [5.74, 6) is 4.16. The molecular formula is C11H15FN2O2. The Bertz CT molecular complexity index is 369. The van der Waals surface area contributed by atoms with Crippen LogP contribution in [0, 0.1) is 5.82 Å². The van der Waals surface area contributed by atoms with Crippen LogP contribution in [0.3, 0.4) is 0 Å². The van der Waals surface area contributed by atoms with E-state index in [1.165, 1.54) is 18.2 Å². The van der Waals surface area contributed by atoms with Crippen LogP contribution in [0.5, 0.6) is 0 Å². The summed E-state index contributed by atoms with van der Waals surface area (Å²) in [4.78, 5) is 11.2. The molecule has 0 heterocycles. The average molecular weight is 226 g/mol. The number of carbonyl (C=O) groups is 1. The maximum Gasteiger partial charge on any atom is 0.265 e. The molecule has 88 valence electrons. The lowest BCUT2D eigenvalue weighted by Gasteiger charge is -2.06. The van der Waals surface area contributed by atoms with Crippen molar-refractivity contribution >= 4 is 5.91 Å². The molecule has 0 saturated carbocycles. The fourth-order valence-corrected chi connectivity index (χ4v) is 1.24. The fourth-order valence-electron chi connectivity index (χ4n) is 1.24. The summed E-state index contributed by atoms with van der Waals surface area (Å²) < 4.78 is 18.5. The molecule has 0 aliphatic heterocycles. The van der Waals surface area contributed by atoms with E-state index in [0.717, 1.165) is 6.42 Å². The second-order valence-corrected chi connectivity index (χ2v) is 3.33. The third kappa shape index (κ3) is 3.29.